The van der Waals surface area contributed by atoms with Crippen molar-refractivity contribution in [3.63, 3.8) is 0 Å². The summed E-state index contributed by atoms with van der Waals surface area (Å²) in [6.07, 6.45) is 5.48. The van der Waals surface area contributed by atoms with E-state index in [2.05, 4.69) is 19.1 Å². The van der Waals surface area contributed by atoms with Crippen molar-refractivity contribution in [2.75, 3.05) is 0 Å². The Bertz CT molecular complexity index is 710. The molecule has 0 saturated heterocycles. The lowest BCUT2D eigenvalue weighted by Crippen LogP contribution is -2.24. The number of ketones is 2. The second-order valence-corrected chi connectivity index (χ2v) is 6.59. The van der Waals surface area contributed by atoms with Crippen LogP contribution in [-0.4, -0.2) is 11.6 Å². The first kappa shape index (κ1) is 10.8. The van der Waals surface area contributed by atoms with Crippen LogP contribution in [0.5, 0.6) is 0 Å². The van der Waals surface area contributed by atoms with Gasteiger partial charge in [-0.25, -0.2) is 0 Å². The lowest BCUT2D eigenvalue weighted by atomic mass is 9.80. The van der Waals surface area contributed by atoms with Crippen molar-refractivity contribution in [3.05, 3.63) is 58.7 Å². The molecule has 2 heteroatoms. The average molecular weight is 262 g/mol. The largest absolute Gasteiger partial charge is 0.289 e. The van der Waals surface area contributed by atoms with Crippen molar-refractivity contribution < 1.29 is 9.59 Å². The van der Waals surface area contributed by atoms with Gasteiger partial charge in [-0.2, -0.15) is 0 Å². The van der Waals surface area contributed by atoms with Crippen LogP contribution in [0.4, 0.5) is 0 Å². The lowest BCUT2D eigenvalue weighted by molar-refractivity contribution is 0.0969. The lowest BCUT2D eigenvalue weighted by Gasteiger charge is -2.21. The maximum absolute atomic E-state index is 12.8. The Hall–Kier alpha value is -1.96. The summed E-state index contributed by atoms with van der Waals surface area (Å²) in [6, 6.07) is 7.26. The molecule has 2 nitrogen and oxygen atoms in total. The highest BCUT2D eigenvalue weighted by Crippen LogP contribution is 2.74. The highest BCUT2D eigenvalue weighted by Gasteiger charge is 2.69. The van der Waals surface area contributed by atoms with E-state index in [9.17, 15) is 9.59 Å². The number of allylic oxidation sites excluding steroid dienone is 4. The average Bonchev–Trinajstić information content (AvgIpc) is 2.89. The fraction of sp³-hybridized carbons (Fsp3) is 0.333. The molecule has 1 aromatic carbocycles. The molecule has 0 aliphatic heterocycles. The van der Waals surface area contributed by atoms with Crippen molar-refractivity contribution in [3.8, 4) is 0 Å². The van der Waals surface area contributed by atoms with Gasteiger partial charge in [0.15, 0.2) is 11.6 Å². The Kier molecular flexibility index (Phi) is 1.63. The van der Waals surface area contributed by atoms with Crippen LogP contribution in [0.15, 0.2) is 47.6 Å². The first-order chi connectivity index (χ1) is 9.66. The molecule has 1 saturated carbocycles. The number of benzene rings is 1. The number of rotatable bonds is 0. The highest BCUT2D eigenvalue weighted by molar-refractivity contribution is 6.28. The van der Waals surface area contributed by atoms with Gasteiger partial charge in [-0.1, -0.05) is 43.3 Å². The summed E-state index contributed by atoms with van der Waals surface area (Å²) in [6.45, 7) is 2.24. The molecule has 98 valence electrons. The first-order valence-electron chi connectivity index (χ1n) is 7.27. The molecule has 3 atom stereocenters. The van der Waals surface area contributed by atoms with Gasteiger partial charge in [0.05, 0.1) is 0 Å². The van der Waals surface area contributed by atoms with Gasteiger partial charge in [0.2, 0.25) is 0 Å². The van der Waals surface area contributed by atoms with Crippen LogP contribution in [0.25, 0.3) is 0 Å². The Morgan fingerprint density at radius 1 is 0.950 bits per heavy atom. The summed E-state index contributed by atoms with van der Waals surface area (Å²) in [4.78, 5) is 25.6. The van der Waals surface area contributed by atoms with E-state index in [-0.39, 0.29) is 28.8 Å². The highest BCUT2D eigenvalue weighted by atomic mass is 16.1. The molecule has 0 N–H and O–H groups in total. The van der Waals surface area contributed by atoms with E-state index < -0.39 is 0 Å². The normalized spacial score (nSPS) is 39.5. The van der Waals surface area contributed by atoms with Crippen LogP contribution < -0.4 is 0 Å². The van der Waals surface area contributed by atoms with Crippen LogP contribution in [0.1, 0.15) is 34.1 Å². The van der Waals surface area contributed by atoms with E-state index in [1.165, 1.54) is 0 Å². The van der Waals surface area contributed by atoms with Crippen molar-refractivity contribution in [1.29, 1.82) is 0 Å². The van der Waals surface area contributed by atoms with Crippen molar-refractivity contribution >= 4 is 11.6 Å². The van der Waals surface area contributed by atoms with E-state index in [4.69, 9.17) is 0 Å². The minimum Gasteiger partial charge on any atom is -0.289 e. The van der Waals surface area contributed by atoms with Gasteiger partial charge in [0.25, 0.3) is 0 Å². The summed E-state index contributed by atoms with van der Waals surface area (Å²) in [5.41, 5.74) is 2.98. The maximum Gasteiger partial charge on any atom is 0.190 e. The number of hydrogen-bond donors (Lipinski definition) is 0. The smallest absolute Gasteiger partial charge is 0.190 e. The fourth-order valence-corrected chi connectivity index (χ4v) is 4.87. The van der Waals surface area contributed by atoms with Gasteiger partial charge in [0.1, 0.15) is 0 Å². The van der Waals surface area contributed by atoms with E-state index in [1.54, 1.807) is 12.1 Å². The molecule has 1 aromatic rings. The number of carbonyl (C=O) groups excluding carboxylic acids is 2. The van der Waals surface area contributed by atoms with Gasteiger partial charge in [0, 0.05) is 34.1 Å². The number of Topliss-reactive ketones (excluding diaryl/α,β-unsaturated/α-hetero) is 2. The van der Waals surface area contributed by atoms with Gasteiger partial charge in [-0.15, -0.1) is 0 Å². The molecule has 4 aliphatic carbocycles. The van der Waals surface area contributed by atoms with E-state index in [1.807, 2.05) is 12.1 Å². The quantitative estimate of drug-likeness (QED) is 0.673. The minimum absolute atomic E-state index is 0.0884. The third-order valence-electron chi connectivity index (χ3n) is 5.89. The minimum atomic E-state index is 0.0884. The Morgan fingerprint density at radius 2 is 1.40 bits per heavy atom. The molecule has 5 rings (SSSR count). The van der Waals surface area contributed by atoms with Gasteiger partial charge in [-0.3, -0.25) is 9.59 Å². The molecule has 0 radical (unpaired) electrons. The van der Waals surface area contributed by atoms with Crippen LogP contribution in [0.3, 0.4) is 0 Å². The summed E-state index contributed by atoms with van der Waals surface area (Å²) < 4.78 is 0. The molecule has 4 aliphatic rings. The second kappa shape index (κ2) is 3.03. The zero-order valence-corrected chi connectivity index (χ0v) is 11.2. The zero-order chi connectivity index (χ0) is 13.6. The monoisotopic (exact) mass is 262 g/mol. The third kappa shape index (κ3) is 0.913. The zero-order valence-electron chi connectivity index (χ0n) is 11.2. The Labute approximate surface area is 117 Å². The maximum atomic E-state index is 12.8. The SMILES string of the molecule is CC1CC12C1C=CC2C2=C1C(=O)c1ccccc1C2=O. The van der Waals surface area contributed by atoms with Crippen LogP contribution in [-0.2, 0) is 0 Å². The van der Waals surface area contributed by atoms with E-state index in [0.717, 1.165) is 17.6 Å². The van der Waals surface area contributed by atoms with Crippen LogP contribution in [0.2, 0.25) is 0 Å². The predicted molar refractivity (Wildman–Crippen MR) is 74.5 cm³/mol. The van der Waals surface area contributed by atoms with Crippen molar-refractivity contribution in [1.82, 2.24) is 0 Å². The summed E-state index contributed by atoms with van der Waals surface area (Å²) >= 11 is 0. The summed E-state index contributed by atoms with van der Waals surface area (Å²) in [5.74, 6) is 1.16. The van der Waals surface area contributed by atoms with Gasteiger partial charge in [-0.05, 0) is 17.8 Å². The predicted octanol–water partition coefficient (Wildman–Crippen LogP) is 3.20. The van der Waals surface area contributed by atoms with Crippen LogP contribution in [0, 0.1) is 23.2 Å². The molecule has 20 heavy (non-hydrogen) atoms. The summed E-state index contributed by atoms with van der Waals surface area (Å²) in [5, 5.41) is 0. The molecular weight excluding hydrogens is 248 g/mol. The summed E-state index contributed by atoms with van der Waals surface area (Å²) in [7, 11) is 0. The molecule has 1 fully saturated rings. The number of fused-ring (bicyclic) bond motifs is 3. The topological polar surface area (TPSA) is 34.1 Å². The second-order valence-electron chi connectivity index (χ2n) is 6.59. The molecule has 2 bridgehead atoms. The third-order valence-corrected chi connectivity index (χ3v) is 5.89. The van der Waals surface area contributed by atoms with Gasteiger partial charge < -0.3 is 0 Å². The fourth-order valence-electron chi connectivity index (χ4n) is 4.87. The molecule has 0 aromatic heterocycles. The standard InChI is InChI=1S/C18H14O2/c1-9-8-18(9)12-6-7-13(18)15-14(12)16(19)10-4-2-3-5-11(10)17(15)20/h2-7,9,12-13H,8H2,1H3. The molecule has 3 unspecified atom stereocenters. The van der Waals surface area contributed by atoms with E-state index in [0.29, 0.717) is 17.0 Å². The Balaban J connectivity index is 1.76. The van der Waals surface area contributed by atoms with Crippen molar-refractivity contribution in [2.45, 2.75) is 13.3 Å². The molecule has 0 amide bonds. The van der Waals surface area contributed by atoms with Crippen LogP contribution >= 0.6 is 0 Å². The van der Waals surface area contributed by atoms with Gasteiger partial charge >= 0.3 is 0 Å². The Morgan fingerprint density at radius 3 is 1.80 bits per heavy atom. The molecule has 0 heterocycles. The van der Waals surface area contributed by atoms with E-state index >= 15 is 0 Å². The molecule has 1 spiro atoms. The van der Waals surface area contributed by atoms with Crippen molar-refractivity contribution in [2.24, 2.45) is 23.2 Å². The first-order valence-corrected chi connectivity index (χ1v) is 7.27. The number of hydrogen-bond acceptors (Lipinski definition) is 2. The number of carbonyl (C=O) groups is 2. The molecular formula is C18H14O2.